The van der Waals surface area contributed by atoms with Crippen LogP contribution in [0.2, 0.25) is 0 Å². The van der Waals surface area contributed by atoms with Crippen molar-refractivity contribution < 1.29 is 4.79 Å². The number of hydrogen-bond acceptors (Lipinski definition) is 2. The summed E-state index contributed by atoms with van der Waals surface area (Å²) in [6.07, 6.45) is 4.80. The molecule has 104 valence electrons. The number of carbonyl (C=O) groups excluding carboxylic acids is 1. The summed E-state index contributed by atoms with van der Waals surface area (Å²) in [6, 6.07) is 6.42. The Labute approximate surface area is 116 Å². The first-order valence-electron chi connectivity index (χ1n) is 7.25. The highest BCUT2D eigenvalue weighted by atomic mass is 16.2. The molecule has 0 spiro atoms. The zero-order valence-electron chi connectivity index (χ0n) is 12.2. The highest BCUT2D eigenvalue weighted by molar-refractivity contribution is 5.96. The second kappa shape index (κ2) is 6.09. The second-order valence-corrected chi connectivity index (χ2v) is 5.41. The van der Waals surface area contributed by atoms with E-state index < -0.39 is 0 Å². The first-order valence-corrected chi connectivity index (χ1v) is 7.25. The number of carbonyl (C=O) groups is 1. The van der Waals surface area contributed by atoms with Gasteiger partial charge in [-0.2, -0.15) is 0 Å². The van der Waals surface area contributed by atoms with Gasteiger partial charge in [0.25, 0.3) is 5.91 Å². The van der Waals surface area contributed by atoms with Crippen LogP contribution in [-0.4, -0.2) is 30.4 Å². The molecule has 0 unspecified atom stereocenters. The molecule has 0 saturated heterocycles. The lowest BCUT2D eigenvalue weighted by Gasteiger charge is -2.25. The van der Waals surface area contributed by atoms with Crippen LogP contribution in [-0.2, 0) is 0 Å². The Kier molecular flexibility index (Phi) is 4.46. The van der Waals surface area contributed by atoms with Crippen molar-refractivity contribution in [2.24, 2.45) is 0 Å². The van der Waals surface area contributed by atoms with Crippen LogP contribution in [0.15, 0.2) is 18.2 Å². The molecular weight excluding hydrogens is 236 g/mol. The average molecular weight is 260 g/mol. The molecule has 1 aliphatic carbocycles. The molecule has 1 aliphatic rings. The number of nitrogens with zero attached hydrogens (tertiary/aromatic N) is 1. The molecule has 1 amide bonds. The van der Waals surface area contributed by atoms with E-state index in [1.165, 1.54) is 12.8 Å². The third-order valence-electron chi connectivity index (χ3n) is 4.03. The fourth-order valence-corrected chi connectivity index (χ4v) is 2.87. The Morgan fingerprint density at radius 2 is 2.05 bits per heavy atom. The van der Waals surface area contributed by atoms with Gasteiger partial charge < -0.3 is 10.2 Å². The SMILES string of the molecule is CCNc1ccc(C(=O)N(C)C2CCCC2)c(C)c1. The van der Waals surface area contributed by atoms with Crippen molar-refractivity contribution in [1.82, 2.24) is 4.90 Å². The van der Waals surface area contributed by atoms with E-state index in [0.29, 0.717) is 6.04 Å². The van der Waals surface area contributed by atoms with Crippen LogP contribution < -0.4 is 5.32 Å². The summed E-state index contributed by atoms with van der Waals surface area (Å²) in [4.78, 5) is 14.5. The summed E-state index contributed by atoms with van der Waals surface area (Å²) in [6.45, 7) is 4.98. The maximum atomic E-state index is 12.5. The van der Waals surface area contributed by atoms with Gasteiger partial charge in [0.15, 0.2) is 0 Å². The van der Waals surface area contributed by atoms with Crippen LogP contribution in [0.3, 0.4) is 0 Å². The van der Waals surface area contributed by atoms with E-state index in [0.717, 1.165) is 36.2 Å². The van der Waals surface area contributed by atoms with Gasteiger partial charge in [-0.25, -0.2) is 0 Å². The normalized spacial score (nSPS) is 15.5. The molecule has 19 heavy (non-hydrogen) atoms. The lowest BCUT2D eigenvalue weighted by atomic mass is 10.1. The monoisotopic (exact) mass is 260 g/mol. The summed E-state index contributed by atoms with van der Waals surface area (Å²) in [5.41, 5.74) is 2.96. The van der Waals surface area contributed by atoms with Gasteiger partial charge in [0, 0.05) is 30.9 Å². The number of amides is 1. The van der Waals surface area contributed by atoms with Gasteiger partial charge in [-0.3, -0.25) is 4.79 Å². The highest BCUT2D eigenvalue weighted by Gasteiger charge is 2.24. The van der Waals surface area contributed by atoms with E-state index in [9.17, 15) is 4.79 Å². The lowest BCUT2D eigenvalue weighted by Crippen LogP contribution is -2.35. The first kappa shape index (κ1) is 13.9. The molecule has 1 N–H and O–H groups in total. The van der Waals surface area contributed by atoms with Gasteiger partial charge in [0.2, 0.25) is 0 Å². The van der Waals surface area contributed by atoms with Gasteiger partial charge in [-0.05, 0) is 50.5 Å². The van der Waals surface area contributed by atoms with Crippen molar-refractivity contribution in [1.29, 1.82) is 0 Å². The summed E-state index contributed by atoms with van der Waals surface area (Å²) >= 11 is 0. The summed E-state index contributed by atoms with van der Waals surface area (Å²) in [5, 5.41) is 3.27. The van der Waals surface area contributed by atoms with Crippen molar-refractivity contribution >= 4 is 11.6 Å². The second-order valence-electron chi connectivity index (χ2n) is 5.41. The van der Waals surface area contributed by atoms with E-state index >= 15 is 0 Å². The lowest BCUT2D eigenvalue weighted by molar-refractivity contribution is 0.0734. The van der Waals surface area contributed by atoms with Crippen molar-refractivity contribution in [2.75, 3.05) is 18.9 Å². The summed E-state index contributed by atoms with van der Waals surface area (Å²) < 4.78 is 0. The van der Waals surface area contributed by atoms with E-state index in [2.05, 4.69) is 18.3 Å². The maximum absolute atomic E-state index is 12.5. The fraction of sp³-hybridized carbons (Fsp3) is 0.562. The predicted molar refractivity (Wildman–Crippen MR) is 79.7 cm³/mol. The molecule has 0 heterocycles. The Bertz CT molecular complexity index is 450. The number of nitrogens with one attached hydrogen (secondary N) is 1. The minimum Gasteiger partial charge on any atom is -0.385 e. The molecule has 1 saturated carbocycles. The number of benzene rings is 1. The third-order valence-corrected chi connectivity index (χ3v) is 4.03. The Hall–Kier alpha value is -1.51. The molecule has 0 bridgehead atoms. The molecule has 0 aromatic heterocycles. The van der Waals surface area contributed by atoms with Crippen LogP contribution in [0.4, 0.5) is 5.69 Å². The minimum absolute atomic E-state index is 0.160. The van der Waals surface area contributed by atoms with Gasteiger partial charge >= 0.3 is 0 Å². The van der Waals surface area contributed by atoms with Crippen LogP contribution in [0, 0.1) is 6.92 Å². The van der Waals surface area contributed by atoms with E-state index in [-0.39, 0.29) is 5.91 Å². The van der Waals surface area contributed by atoms with Crippen LogP contribution in [0.25, 0.3) is 0 Å². The third kappa shape index (κ3) is 3.09. The molecule has 3 heteroatoms. The molecule has 0 radical (unpaired) electrons. The van der Waals surface area contributed by atoms with Crippen molar-refractivity contribution in [3.05, 3.63) is 29.3 Å². The zero-order chi connectivity index (χ0) is 13.8. The van der Waals surface area contributed by atoms with Gasteiger partial charge in [-0.15, -0.1) is 0 Å². The fourth-order valence-electron chi connectivity index (χ4n) is 2.87. The number of aryl methyl sites for hydroxylation is 1. The van der Waals surface area contributed by atoms with Gasteiger partial charge in [0.1, 0.15) is 0 Å². The topological polar surface area (TPSA) is 32.3 Å². The Morgan fingerprint density at radius 3 is 2.63 bits per heavy atom. The molecule has 3 nitrogen and oxygen atoms in total. The Morgan fingerprint density at radius 1 is 1.37 bits per heavy atom. The Balaban J connectivity index is 2.14. The molecule has 0 atom stereocenters. The largest absolute Gasteiger partial charge is 0.385 e. The average Bonchev–Trinajstić information content (AvgIpc) is 2.91. The van der Waals surface area contributed by atoms with E-state index in [1.54, 1.807) is 0 Å². The highest BCUT2D eigenvalue weighted by Crippen LogP contribution is 2.25. The standard InChI is InChI=1S/C16H24N2O/c1-4-17-13-9-10-15(12(2)11-13)16(19)18(3)14-7-5-6-8-14/h9-11,14,17H,4-8H2,1-3H3. The number of rotatable bonds is 4. The quantitative estimate of drug-likeness (QED) is 0.899. The molecular formula is C16H24N2O. The van der Waals surface area contributed by atoms with Crippen LogP contribution in [0.5, 0.6) is 0 Å². The summed E-state index contributed by atoms with van der Waals surface area (Å²) in [7, 11) is 1.94. The van der Waals surface area contributed by atoms with Crippen LogP contribution in [0.1, 0.15) is 48.5 Å². The van der Waals surface area contributed by atoms with E-state index in [4.69, 9.17) is 0 Å². The molecule has 1 aromatic rings. The molecule has 1 aromatic carbocycles. The maximum Gasteiger partial charge on any atom is 0.254 e. The molecule has 0 aliphatic heterocycles. The van der Waals surface area contributed by atoms with Crippen LogP contribution >= 0.6 is 0 Å². The molecule has 2 rings (SSSR count). The number of anilines is 1. The number of hydrogen-bond donors (Lipinski definition) is 1. The smallest absolute Gasteiger partial charge is 0.254 e. The van der Waals surface area contributed by atoms with Gasteiger partial charge in [-0.1, -0.05) is 12.8 Å². The van der Waals surface area contributed by atoms with E-state index in [1.807, 2.05) is 31.0 Å². The predicted octanol–water partition coefficient (Wildman–Crippen LogP) is 3.44. The zero-order valence-corrected chi connectivity index (χ0v) is 12.2. The molecule has 1 fully saturated rings. The minimum atomic E-state index is 0.160. The van der Waals surface area contributed by atoms with Crippen molar-refractivity contribution in [3.63, 3.8) is 0 Å². The van der Waals surface area contributed by atoms with Gasteiger partial charge in [0.05, 0.1) is 0 Å². The first-order chi connectivity index (χ1) is 9.13. The van der Waals surface area contributed by atoms with Crippen molar-refractivity contribution in [2.45, 2.75) is 45.6 Å². The summed E-state index contributed by atoms with van der Waals surface area (Å²) in [5.74, 6) is 0.160. The van der Waals surface area contributed by atoms with Crippen molar-refractivity contribution in [3.8, 4) is 0 Å².